The average molecular weight is 294 g/mol. The lowest BCUT2D eigenvalue weighted by Gasteiger charge is -2.23. The molecule has 1 aliphatic rings. The number of carbonyl (C=O) groups excluding carboxylic acids is 1. The monoisotopic (exact) mass is 294 g/mol. The largest absolute Gasteiger partial charge is 0.508 e. The molecule has 3 nitrogen and oxygen atoms in total. The van der Waals surface area contributed by atoms with Crippen LogP contribution in [0.3, 0.4) is 0 Å². The number of aliphatic hydroxyl groups is 1. The van der Waals surface area contributed by atoms with Crippen LogP contribution in [0.2, 0.25) is 0 Å². The van der Waals surface area contributed by atoms with Gasteiger partial charge in [0.2, 0.25) is 0 Å². The van der Waals surface area contributed by atoms with Crippen LogP contribution in [-0.4, -0.2) is 10.9 Å². The zero-order chi connectivity index (χ0) is 15.9. The number of hydrogen-bond donors (Lipinski definition) is 1. The van der Waals surface area contributed by atoms with E-state index in [2.05, 4.69) is 6.58 Å². The van der Waals surface area contributed by atoms with Gasteiger partial charge >= 0.3 is 0 Å². The third kappa shape index (κ3) is 2.29. The van der Waals surface area contributed by atoms with E-state index >= 15 is 0 Å². The van der Waals surface area contributed by atoms with Crippen molar-refractivity contribution in [3.8, 4) is 16.9 Å². The van der Waals surface area contributed by atoms with Crippen LogP contribution in [0.4, 0.5) is 0 Å². The minimum Gasteiger partial charge on any atom is -0.508 e. The molecule has 0 fully saturated rings. The number of ether oxygens (including phenoxy) is 1. The predicted molar refractivity (Wildman–Crippen MR) is 87.2 cm³/mol. The summed E-state index contributed by atoms with van der Waals surface area (Å²) in [5, 5.41) is 9.52. The van der Waals surface area contributed by atoms with Gasteiger partial charge in [0.15, 0.2) is 5.78 Å². The number of aliphatic hydroxyl groups excluding tert-OH is 1. The number of hydrogen-bond acceptors (Lipinski definition) is 3. The number of carbonyl (C=O) groups is 1. The fourth-order valence-electron chi connectivity index (χ4n) is 2.82. The van der Waals surface area contributed by atoms with Crippen molar-refractivity contribution in [2.24, 2.45) is 0 Å². The highest BCUT2D eigenvalue weighted by Crippen LogP contribution is 2.40. The molecule has 1 heterocycles. The van der Waals surface area contributed by atoms with Gasteiger partial charge < -0.3 is 9.84 Å². The number of benzene rings is 2. The van der Waals surface area contributed by atoms with Crippen LogP contribution in [-0.2, 0) is 6.61 Å². The zero-order valence-corrected chi connectivity index (χ0v) is 12.8. The maximum Gasteiger partial charge on any atom is 0.163 e. The van der Waals surface area contributed by atoms with Gasteiger partial charge in [-0.2, -0.15) is 0 Å². The van der Waals surface area contributed by atoms with Crippen LogP contribution in [0.15, 0.2) is 36.9 Å². The predicted octanol–water partition coefficient (Wildman–Crippen LogP) is 4.68. The molecule has 0 amide bonds. The molecule has 0 aliphatic carbocycles. The lowest BCUT2D eigenvalue weighted by molar-refractivity contribution is 0.0987. The molecule has 0 atom stereocenters. The molecule has 22 heavy (non-hydrogen) atoms. The molecule has 3 heteroatoms. The summed E-state index contributed by atoms with van der Waals surface area (Å²) >= 11 is 0. The molecular formula is C19H18O3. The second-order valence-corrected chi connectivity index (χ2v) is 5.55. The molecule has 3 rings (SSSR count). The third-order valence-corrected chi connectivity index (χ3v) is 4.06. The van der Waals surface area contributed by atoms with Crippen LogP contribution in [0, 0.1) is 6.92 Å². The third-order valence-electron chi connectivity index (χ3n) is 4.06. The van der Waals surface area contributed by atoms with E-state index < -0.39 is 0 Å². The Morgan fingerprint density at radius 3 is 2.73 bits per heavy atom. The second kappa shape index (κ2) is 5.34. The molecule has 1 aliphatic heterocycles. The quantitative estimate of drug-likeness (QED) is 0.660. The molecule has 0 bridgehead atoms. The molecule has 0 aromatic heterocycles. The molecule has 1 N–H and O–H groups in total. The molecule has 0 radical (unpaired) electrons. The van der Waals surface area contributed by atoms with Crippen LogP contribution in [0.5, 0.6) is 5.75 Å². The molecule has 2 aromatic carbocycles. The van der Waals surface area contributed by atoms with Crippen LogP contribution in [0.1, 0.15) is 40.4 Å². The lowest BCUT2D eigenvalue weighted by Crippen LogP contribution is -2.09. The van der Waals surface area contributed by atoms with Crippen molar-refractivity contribution in [1.29, 1.82) is 0 Å². The Labute approximate surface area is 129 Å². The van der Waals surface area contributed by atoms with E-state index in [-0.39, 0.29) is 11.5 Å². The molecule has 0 saturated carbocycles. The molecule has 2 aromatic rings. The lowest BCUT2D eigenvalue weighted by atomic mass is 9.91. The van der Waals surface area contributed by atoms with E-state index in [0.717, 1.165) is 33.6 Å². The molecule has 0 saturated heterocycles. The van der Waals surface area contributed by atoms with Crippen molar-refractivity contribution in [1.82, 2.24) is 0 Å². The van der Waals surface area contributed by atoms with Gasteiger partial charge in [0.25, 0.3) is 0 Å². The maximum absolute atomic E-state index is 12.0. The highest BCUT2D eigenvalue weighted by molar-refractivity contribution is 5.98. The van der Waals surface area contributed by atoms with Gasteiger partial charge in [-0.15, -0.1) is 0 Å². The number of Topliss-reactive ketones (excluding diaryl/α,β-unsaturated/α-hetero) is 1. The van der Waals surface area contributed by atoms with E-state index in [1.165, 1.54) is 0 Å². The highest BCUT2D eigenvalue weighted by Gasteiger charge is 2.21. The smallest absolute Gasteiger partial charge is 0.163 e. The van der Waals surface area contributed by atoms with E-state index in [4.69, 9.17) is 4.74 Å². The summed E-state index contributed by atoms with van der Waals surface area (Å²) in [4.78, 5) is 12.0. The molecule has 0 spiro atoms. The first-order valence-corrected chi connectivity index (χ1v) is 7.33. The summed E-state index contributed by atoms with van der Waals surface area (Å²) in [6.45, 7) is 7.78. The van der Waals surface area contributed by atoms with Crippen molar-refractivity contribution in [2.45, 2.75) is 26.9 Å². The standard InChI is InChI=1S/C19H18O3/c1-4-18(21)16-9-19-17(7-11(16)2)15-6-5-13(12(3)20)8-14(15)10-22-19/h5-9,20H,3-4,10H2,1-2H3. The summed E-state index contributed by atoms with van der Waals surface area (Å²) in [5.74, 6) is 0.917. The van der Waals surface area contributed by atoms with Gasteiger partial charge in [-0.3, -0.25) is 4.79 Å². The second-order valence-electron chi connectivity index (χ2n) is 5.55. The van der Waals surface area contributed by atoms with Gasteiger partial charge in [-0.1, -0.05) is 25.6 Å². The number of fused-ring (bicyclic) bond motifs is 3. The highest BCUT2D eigenvalue weighted by atomic mass is 16.5. The van der Waals surface area contributed by atoms with Crippen molar-refractivity contribution < 1.29 is 14.6 Å². The fraction of sp³-hybridized carbons (Fsp3) is 0.211. The van der Waals surface area contributed by atoms with Crippen molar-refractivity contribution >= 4 is 11.5 Å². The van der Waals surface area contributed by atoms with Crippen LogP contribution < -0.4 is 4.74 Å². The summed E-state index contributed by atoms with van der Waals surface area (Å²) in [6.07, 6.45) is 0.484. The minimum atomic E-state index is 0.0497. The van der Waals surface area contributed by atoms with Crippen LogP contribution in [0.25, 0.3) is 16.9 Å². The minimum absolute atomic E-state index is 0.0497. The summed E-state index contributed by atoms with van der Waals surface area (Å²) in [7, 11) is 0. The summed E-state index contributed by atoms with van der Waals surface area (Å²) in [5.41, 5.74) is 5.45. The van der Waals surface area contributed by atoms with Gasteiger partial charge in [0, 0.05) is 23.1 Å². The van der Waals surface area contributed by atoms with Crippen molar-refractivity contribution in [3.05, 3.63) is 59.2 Å². The fourth-order valence-corrected chi connectivity index (χ4v) is 2.82. The van der Waals surface area contributed by atoms with Gasteiger partial charge in [0.05, 0.1) is 0 Å². The summed E-state index contributed by atoms with van der Waals surface area (Å²) in [6, 6.07) is 9.55. The first-order chi connectivity index (χ1) is 10.5. The van der Waals surface area contributed by atoms with Crippen molar-refractivity contribution in [3.63, 3.8) is 0 Å². The average Bonchev–Trinajstić information content (AvgIpc) is 2.52. The molecule has 0 unspecified atom stereocenters. The zero-order valence-electron chi connectivity index (χ0n) is 12.8. The Morgan fingerprint density at radius 1 is 1.27 bits per heavy atom. The Kier molecular flexibility index (Phi) is 3.49. The Morgan fingerprint density at radius 2 is 2.05 bits per heavy atom. The normalized spacial score (nSPS) is 12.1. The van der Waals surface area contributed by atoms with Gasteiger partial charge in [-0.25, -0.2) is 0 Å². The van der Waals surface area contributed by atoms with E-state index in [1.54, 1.807) is 0 Å². The Balaban J connectivity index is 2.13. The topological polar surface area (TPSA) is 46.5 Å². The first kappa shape index (κ1) is 14.4. The molecule has 112 valence electrons. The van der Waals surface area contributed by atoms with Gasteiger partial charge in [0.1, 0.15) is 18.1 Å². The van der Waals surface area contributed by atoms with E-state index in [1.807, 2.05) is 44.2 Å². The van der Waals surface area contributed by atoms with Gasteiger partial charge in [-0.05, 0) is 41.8 Å². The number of ketones is 1. The van der Waals surface area contributed by atoms with Crippen molar-refractivity contribution in [2.75, 3.05) is 0 Å². The first-order valence-electron chi connectivity index (χ1n) is 7.33. The number of rotatable bonds is 3. The number of aryl methyl sites for hydroxylation is 1. The Hall–Kier alpha value is -2.55. The molecular weight excluding hydrogens is 276 g/mol. The van der Waals surface area contributed by atoms with E-state index in [9.17, 15) is 9.90 Å². The van der Waals surface area contributed by atoms with Crippen LogP contribution >= 0.6 is 0 Å². The SMILES string of the molecule is C=C(O)c1ccc2c(c1)COc1cc(C(=O)CC)c(C)cc1-2. The Bertz CT molecular complexity index is 788. The van der Waals surface area contributed by atoms with E-state index in [0.29, 0.717) is 18.6 Å². The summed E-state index contributed by atoms with van der Waals surface area (Å²) < 4.78 is 5.81. The maximum atomic E-state index is 12.0.